The van der Waals surface area contributed by atoms with Crippen LogP contribution in [-0.2, 0) is 4.74 Å². The first kappa shape index (κ1) is 9.08. The van der Waals surface area contributed by atoms with Crippen molar-refractivity contribution >= 4 is 5.97 Å². The highest BCUT2D eigenvalue weighted by molar-refractivity contribution is 5.86. The van der Waals surface area contributed by atoms with E-state index >= 15 is 0 Å². The molecule has 5 heteroatoms. The molecule has 1 aliphatic rings. The molecule has 2 heterocycles. The van der Waals surface area contributed by atoms with E-state index in [1.165, 1.54) is 12.4 Å². The summed E-state index contributed by atoms with van der Waals surface area (Å²) in [6.45, 7) is 0.731. The molecule has 1 aliphatic heterocycles. The summed E-state index contributed by atoms with van der Waals surface area (Å²) in [4.78, 5) is 18.5. The van der Waals surface area contributed by atoms with Crippen molar-refractivity contribution in [3.05, 3.63) is 23.8 Å². The minimum atomic E-state index is -1.01. The largest absolute Gasteiger partial charge is 0.478 e. The fourth-order valence-electron chi connectivity index (χ4n) is 1.40. The second-order valence-corrected chi connectivity index (χ2v) is 3.14. The zero-order valence-electron chi connectivity index (χ0n) is 7.51. The van der Waals surface area contributed by atoms with E-state index in [0.717, 1.165) is 19.4 Å². The van der Waals surface area contributed by atoms with Crippen LogP contribution in [0.3, 0.4) is 0 Å². The number of carboxylic acid groups (broad SMARTS) is 1. The summed E-state index contributed by atoms with van der Waals surface area (Å²) in [6.07, 6.45) is 4.48. The van der Waals surface area contributed by atoms with E-state index in [-0.39, 0.29) is 11.7 Å². The Kier molecular flexibility index (Phi) is 2.41. The lowest BCUT2D eigenvalue weighted by molar-refractivity contribution is 0.0694. The van der Waals surface area contributed by atoms with Crippen LogP contribution in [0.5, 0.6) is 0 Å². The number of hydrogen-bond acceptors (Lipinski definition) is 4. The summed E-state index contributed by atoms with van der Waals surface area (Å²) < 4.78 is 5.37. The van der Waals surface area contributed by atoms with Crippen LogP contribution in [0.25, 0.3) is 0 Å². The van der Waals surface area contributed by atoms with Gasteiger partial charge in [-0.3, -0.25) is 0 Å². The van der Waals surface area contributed by atoms with Gasteiger partial charge in [0.2, 0.25) is 0 Å². The maximum atomic E-state index is 10.5. The number of ether oxygens (including phenoxy) is 1. The van der Waals surface area contributed by atoms with Crippen molar-refractivity contribution in [1.82, 2.24) is 9.97 Å². The summed E-state index contributed by atoms with van der Waals surface area (Å²) >= 11 is 0. The number of nitrogens with zero attached hydrogens (tertiary/aromatic N) is 2. The second kappa shape index (κ2) is 3.71. The van der Waals surface area contributed by atoms with Gasteiger partial charge in [0.25, 0.3) is 0 Å². The first-order chi connectivity index (χ1) is 6.77. The third-order valence-electron chi connectivity index (χ3n) is 2.14. The van der Waals surface area contributed by atoms with Crippen molar-refractivity contribution in [3.8, 4) is 0 Å². The monoisotopic (exact) mass is 194 g/mol. The third-order valence-corrected chi connectivity index (χ3v) is 2.14. The first-order valence-electron chi connectivity index (χ1n) is 4.44. The second-order valence-electron chi connectivity index (χ2n) is 3.14. The summed E-state index contributed by atoms with van der Waals surface area (Å²) in [7, 11) is 0. The summed E-state index contributed by atoms with van der Waals surface area (Å²) in [5.74, 6) is -0.434. The quantitative estimate of drug-likeness (QED) is 0.761. The number of rotatable bonds is 2. The molecule has 74 valence electrons. The molecule has 1 atom stereocenters. The van der Waals surface area contributed by atoms with Gasteiger partial charge in [0.05, 0.1) is 5.56 Å². The highest BCUT2D eigenvalue weighted by Crippen LogP contribution is 2.25. The predicted octanol–water partition coefficient (Wildman–Crippen LogP) is 1.03. The van der Waals surface area contributed by atoms with Gasteiger partial charge in [0.15, 0.2) is 5.82 Å². The number of carboxylic acids is 1. The lowest BCUT2D eigenvalue weighted by atomic mass is 10.2. The van der Waals surface area contributed by atoms with Gasteiger partial charge >= 0.3 is 5.97 Å². The maximum Gasteiger partial charge on any atom is 0.338 e. The maximum absolute atomic E-state index is 10.5. The van der Waals surface area contributed by atoms with E-state index in [4.69, 9.17) is 9.84 Å². The van der Waals surface area contributed by atoms with Gasteiger partial charge in [-0.25, -0.2) is 14.8 Å². The first-order valence-corrected chi connectivity index (χ1v) is 4.44. The van der Waals surface area contributed by atoms with E-state index in [0.29, 0.717) is 5.82 Å². The average molecular weight is 194 g/mol. The molecule has 14 heavy (non-hydrogen) atoms. The van der Waals surface area contributed by atoms with Crippen LogP contribution in [0.1, 0.15) is 35.1 Å². The molecule has 1 aromatic heterocycles. The van der Waals surface area contributed by atoms with Crippen LogP contribution in [0.4, 0.5) is 0 Å². The number of carbonyl (C=O) groups is 1. The lowest BCUT2D eigenvalue weighted by Crippen LogP contribution is -2.05. The molecule has 2 rings (SSSR count). The van der Waals surface area contributed by atoms with Crippen LogP contribution in [0, 0.1) is 0 Å². The predicted molar refractivity (Wildman–Crippen MR) is 46.9 cm³/mol. The zero-order chi connectivity index (χ0) is 9.97. The Labute approximate surface area is 80.8 Å². The molecule has 1 N–H and O–H groups in total. The molecule has 0 amide bonds. The smallest absolute Gasteiger partial charge is 0.338 e. The Morgan fingerprint density at radius 3 is 2.71 bits per heavy atom. The standard InChI is InChI=1S/C9H10N2O3/c12-9(13)6-4-10-8(11-5-6)7-2-1-3-14-7/h4-5,7H,1-3H2,(H,12,13)/t7-/m0/s1. The topological polar surface area (TPSA) is 72.3 Å². The van der Waals surface area contributed by atoms with Gasteiger partial charge in [0.1, 0.15) is 6.10 Å². The fourth-order valence-corrected chi connectivity index (χ4v) is 1.40. The van der Waals surface area contributed by atoms with Crippen molar-refractivity contribution in [2.24, 2.45) is 0 Å². The summed E-state index contributed by atoms with van der Waals surface area (Å²) in [5, 5.41) is 8.63. The summed E-state index contributed by atoms with van der Waals surface area (Å²) in [6, 6.07) is 0. The van der Waals surface area contributed by atoms with Gasteiger partial charge in [-0.1, -0.05) is 0 Å². The molecule has 0 spiro atoms. The molecule has 1 fully saturated rings. The van der Waals surface area contributed by atoms with E-state index < -0.39 is 5.97 Å². The van der Waals surface area contributed by atoms with E-state index in [1.807, 2.05) is 0 Å². The van der Waals surface area contributed by atoms with Crippen molar-refractivity contribution in [3.63, 3.8) is 0 Å². The van der Waals surface area contributed by atoms with Gasteiger partial charge in [-0.2, -0.15) is 0 Å². The minimum absolute atomic E-state index is 0.0576. The van der Waals surface area contributed by atoms with Crippen molar-refractivity contribution in [2.45, 2.75) is 18.9 Å². The van der Waals surface area contributed by atoms with Gasteiger partial charge in [0, 0.05) is 19.0 Å². The Bertz CT molecular complexity index is 330. The van der Waals surface area contributed by atoms with Gasteiger partial charge < -0.3 is 9.84 Å². The molecule has 0 aliphatic carbocycles. The van der Waals surface area contributed by atoms with Gasteiger partial charge in [-0.05, 0) is 12.8 Å². The van der Waals surface area contributed by atoms with E-state index in [9.17, 15) is 4.79 Å². The molecule has 1 saturated heterocycles. The number of aromatic carboxylic acids is 1. The van der Waals surface area contributed by atoms with Crippen LogP contribution in [0.2, 0.25) is 0 Å². The molecule has 0 bridgehead atoms. The Morgan fingerprint density at radius 1 is 1.50 bits per heavy atom. The molecule has 1 aromatic rings. The Morgan fingerprint density at radius 2 is 2.21 bits per heavy atom. The van der Waals surface area contributed by atoms with Crippen LogP contribution in [0.15, 0.2) is 12.4 Å². The zero-order valence-corrected chi connectivity index (χ0v) is 7.51. The molecule has 0 aromatic carbocycles. The molecule has 5 nitrogen and oxygen atoms in total. The highest BCUT2D eigenvalue weighted by Gasteiger charge is 2.20. The van der Waals surface area contributed by atoms with Crippen LogP contribution in [-0.4, -0.2) is 27.7 Å². The van der Waals surface area contributed by atoms with Crippen LogP contribution >= 0.6 is 0 Å². The SMILES string of the molecule is O=C(O)c1cnc([C@@H]2CCCO2)nc1. The Balaban J connectivity index is 2.16. The van der Waals surface area contributed by atoms with Crippen LogP contribution < -0.4 is 0 Å². The van der Waals surface area contributed by atoms with Crippen molar-refractivity contribution in [1.29, 1.82) is 0 Å². The minimum Gasteiger partial charge on any atom is -0.478 e. The van der Waals surface area contributed by atoms with Crippen molar-refractivity contribution in [2.75, 3.05) is 6.61 Å². The fraction of sp³-hybridized carbons (Fsp3) is 0.444. The normalized spacial score (nSPS) is 21.0. The molecule has 0 unspecified atom stereocenters. The van der Waals surface area contributed by atoms with E-state index in [2.05, 4.69) is 9.97 Å². The number of hydrogen-bond donors (Lipinski definition) is 1. The lowest BCUT2D eigenvalue weighted by Gasteiger charge is -2.06. The number of aromatic nitrogens is 2. The Hall–Kier alpha value is -1.49. The van der Waals surface area contributed by atoms with Crippen molar-refractivity contribution < 1.29 is 14.6 Å². The molecular formula is C9H10N2O3. The summed E-state index contributed by atoms with van der Waals surface area (Å²) in [5.41, 5.74) is 0.103. The molecule has 0 radical (unpaired) electrons. The highest BCUT2D eigenvalue weighted by atomic mass is 16.5. The molecular weight excluding hydrogens is 184 g/mol. The van der Waals surface area contributed by atoms with E-state index in [1.54, 1.807) is 0 Å². The third kappa shape index (κ3) is 1.72. The van der Waals surface area contributed by atoms with Gasteiger partial charge in [-0.15, -0.1) is 0 Å². The average Bonchev–Trinajstić information content (AvgIpc) is 2.71. The molecule has 0 saturated carbocycles.